The summed E-state index contributed by atoms with van der Waals surface area (Å²) < 4.78 is 0. The summed E-state index contributed by atoms with van der Waals surface area (Å²) in [4.78, 5) is 15.0. The van der Waals surface area contributed by atoms with Crippen molar-refractivity contribution in [1.29, 1.82) is 0 Å². The molecule has 0 spiro atoms. The van der Waals surface area contributed by atoms with Gasteiger partial charge in [-0.05, 0) is 18.6 Å². The lowest BCUT2D eigenvalue weighted by Gasteiger charge is -2.26. The van der Waals surface area contributed by atoms with E-state index in [1.54, 1.807) is 0 Å². The Hall–Kier alpha value is -1.68. The summed E-state index contributed by atoms with van der Waals surface area (Å²) in [6, 6.07) is 4.37. The number of aromatic nitrogens is 3. The number of hydrogen-bond acceptors (Lipinski definition) is 3. The second-order valence-electron chi connectivity index (χ2n) is 7.01. The van der Waals surface area contributed by atoms with Crippen LogP contribution in [0.2, 0.25) is 0 Å². The van der Waals surface area contributed by atoms with Gasteiger partial charge >= 0.3 is 0 Å². The molecular weight excluding hydrogens is 260 g/mol. The standard InChI is InChI=1S/C17H24N4/c1-12-19-14-7-8-21(11-15(14)20-12)10-13-5-6-16(18-9-13)17(2,3)4/h5-6,9H,7-8,10-11H2,1-4H3,(H,19,20). The van der Waals surface area contributed by atoms with Crippen molar-refractivity contribution in [1.82, 2.24) is 19.9 Å². The van der Waals surface area contributed by atoms with Gasteiger partial charge in [0.2, 0.25) is 0 Å². The zero-order valence-electron chi connectivity index (χ0n) is 13.4. The van der Waals surface area contributed by atoms with E-state index in [1.165, 1.54) is 17.0 Å². The highest BCUT2D eigenvalue weighted by molar-refractivity contribution is 5.21. The van der Waals surface area contributed by atoms with Crippen LogP contribution in [0, 0.1) is 6.92 Å². The van der Waals surface area contributed by atoms with Crippen LogP contribution in [-0.2, 0) is 24.9 Å². The van der Waals surface area contributed by atoms with Crippen molar-refractivity contribution >= 4 is 0 Å². The molecular formula is C17H24N4. The Morgan fingerprint density at radius 3 is 2.76 bits per heavy atom. The quantitative estimate of drug-likeness (QED) is 0.922. The maximum atomic E-state index is 4.62. The zero-order valence-corrected chi connectivity index (χ0v) is 13.4. The third kappa shape index (κ3) is 3.16. The van der Waals surface area contributed by atoms with Gasteiger partial charge in [0.1, 0.15) is 5.82 Å². The van der Waals surface area contributed by atoms with E-state index < -0.39 is 0 Å². The molecule has 0 fully saturated rings. The molecule has 0 bridgehead atoms. The normalized spacial score (nSPS) is 16.0. The molecule has 2 aromatic rings. The number of pyridine rings is 1. The van der Waals surface area contributed by atoms with Gasteiger partial charge in [-0.25, -0.2) is 4.98 Å². The molecule has 112 valence electrons. The second kappa shape index (κ2) is 5.26. The van der Waals surface area contributed by atoms with Gasteiger partial charge in [-0.15, -0.1) is 0 Å². The SMILES string of the molecule is Cc1nc2c([nH]1)CN(Cc1ccc(C(C)(C)C)nc1)CC2. The van der Waals surface area contributed by atoms with Crippen molar-refractivity contribution in [2.75, 3.05) is 6.54 Å². The fraction of sp³-hybridized carbons (Fsp3) is 0.529. The highest BCUT2D eigenvalue weighted by atomic mass is 15.2. The fourth-order valence-corrected chi connectivity index (χ4v) is 2.85. The van der Waals surface area contributed by atoms with Gasteiger partial charge in [-0.3, -0.25) is 9.88 Å². The number of aromatic amines is 1. The number of hydrogen-bond donors (Lipinski definition) is 1. The molecule has 0 atom stereocenters. The van der Waals surface area contributed by atoms with Crippen LogP contribution < -0.4 is 0 Å². The van der Waals surface area contributed by atoms with E-state index in [-0.39, 0.29) is 5.41 Å². The topological polar surface area (TPSA) is 44.8 Å². The third-order valence-corrected chi connectivity index (χ3v) is 4.03. The summed E-state index contributed by atoms with van der Waals surface area (Å²) in [7, 11) is 0. The van der Waals surface area contributed by atoms with Crippen LogP contribution >= 0.6 is 0 Å². The summed E-state index contributed by atoms with van der Waals surface area (Å²) in [5.41, 5.74) is 5.06. The van der Waals surface area contributed by atoms with Gasteiger partial charge in [0.05, 0.1) is 11.4 Å². The third-order valence-electron chi connectivity index (χ3n) is 4.03. The van der Waals surface area contributed by atoms with Crippen molar-refractivity contribution in [2.24, 2.45) is 0 Å². The molecule has 0 radical (unpaired) electrons. The lowest BCUT2D eigenvalue weighted by Crippen LogP contribution is -2.30. The highest BCUT2D eigenvalue weighted by Gasteiger charge is 2.20. The first-order chi connectivity index (χ1) is 9.91. The maximum absolute atomic E-state index is 4.62. The van der Waals surface area contributed by atoms with Crippen LogP contribution in [0.15, 0.2) is 18.3 Å². The molecule has 0 saturated carbocycles. The van der Waals surface area contributed by atoms with Gasteiger partial charge in [-0.1, -0.05) is 26.8 Å². The first-order valence-corrected chi connectivity index (χ1v) is 7.64. The summed E-state index contributed by atoms with van der Waals surface area (Å²) >= 11 is 0. The Morgan fingerprint density at radius 1 is 1.29 bits per heavy atom. The lowest BCUT2D eigenvalue weighted by atomic mass is 9.91. The molecule has 0 aliphatic carbocycles. The van der Waals surface area contributed by atoms with Crippen LogP contribution in [-0.4, -0.2) is 26.4 Å². The smallest absolute Gasteiger partial charge is 0.103 e. The van der Waals surface area contributed by atoms with E-state index in [0.29, 0.717) is 0 Å². The van der Waals surface area contributed by atoms with Gasteiger partial charge < -0.3 is 4.98 Å². The van der Waals surface area contributed by atoms with E-state index in [9.17, 15) is 0 Å². The monoisotopic (exact) mass is 284 g/mol. The van der Waals surface area contributed by atoms with Gasteiger partial charge in [0, 0.05) is 43.4 Å². The van der Waals surface area contributed by atoms with E-state index in [1.807, 2.05) is 13.1 Å². The van der Waals surface area contributed by atoms with E-state index in [2.05, 4.69) is 52.8 Å². The Labute approximate surface area is 126 Å². The van der Waals surface area contributed by atoms with Gasteiger partial charge in [0.25, 0.3) is 0 Å². The van der Waals surface area contributed by atoms with E-state index in [4.69, 9.17) is 0 Å². The van der Waals surface area contributed by atoms with E-state index >= 15 is 0 Å². The Kier molecular flexibility index (Phi) is 3.57. The minimum Gasteiger partial charge on any atom is -0.345 e. The van der Waals surface area contributed by atoms with Crippen LogP contribution in [0.25, 0.3) is 0 Å². The lowest BCUT2D eigenvalue weighted by molar-refractivity contribution is 0.241. The number of aryl methyl sites for hydroxylation is 1. The molecule has 4 nitrogen and oxygen atoms in total. The first kappa shape index (κ1) is 14.3. The summed E-state index contributed by atoms with van der Waals surface area (Å²) in [6.45, 7) is 11.6. The number of fused-ring (bicyclic) bond motifs is 1. The van der Waals surface area contributed by atoms with Crippen molar-refractivity contribution in [3.8, 4) is 0 Å². The Bertz CT molecular complexity index is 619. The average molecular weight is 284 g/mol. The van der Waals surface area contributed by atoms with Crippen LogP contribution in [0.3, 0.4) is 0 Å². The number of imidazole rings is 1. The number of H-pyrrole nitrogens is 1. The number of nitrogens with one attached hydrogen (secondary N) is 1. The maximum Gasteiger partial charge on any atom is 0.103 e. The molecule has 1 N–H and O–H groups in total. The zero-order chi connectivity index (χ0) is 15.0. The summed E-state index contributed by atoms with van der Waals surface area (Å²) in [5, 5.41) is 0. The number of rotatable bonds is 2. The first-order valence-electron chi connectivity index (χ1n) is 7.64. The average Bonchev–Trinajstić information content (AvgIpc) is 2.78. The van der Waals surface area contributed by atoms with Crippen LogP contribution in [0.5, 0.6) is 0 Å². The minimum atomic E-state index is 0.117. The molecule has 21 heavy (non-hydrogen) atoms. The fourth-order valence-electron chi connectivity index (χ4n) is 2.85. The molecule has 0 amide bonds. The van der Waals surface area contributed by atoms with Gasteiger partial charge in [0.15, 0.2) is 0 Å². The predicted molar refractivity (Wildman–Crippen MR) is 84.1 cm³/mol. The number of nitrogens with zero attached hydrogens (tertiary/aromatic N) is 3. The molecule has 0 aromatic carbocycles. The predicted octanol–water partition coefficient (Wildman–Crippen LogP) is 2.97. The molecule has 1 aliphatic rings. The second-order valence-corrected chi connectivity index (χ2v) is 7.01. The highest BCUT2D eigenvalue weighted by Crippen LogP contribution is 2.21. The molecule has 0 saturated heterocycles. The Morgan fingerprint density at radius 2 is 2.10 bits per heavy atom. The van der Waals surface area contributed by atoms with Crippen molar-refractivity contribution < 1.29 is 0 Å². The molecule has 4 heteroatoms. The van der Waals surface area contributed by atoms with E-state index in [0.717, 1.165) is 37.6 Å². The molecule has 3 rings (SSSR count). The summed E-state index contributed by atoms with van der Waals surface area (Å²) in [6.07, 6.45) is 3.06. The summed E-state index contributed by atoms with van der Waals surface area (Å²) in [5.74, 6) is 1.03. The largest absolute Gasteiger partial charge is 0.345 e. The van der Waals surface area contributed by atoms with Crippen LogP contribution in [0.1, 0.15) is 49.2 Å². The molecule has 2 aromatic heterocycles. The Balaban J connectivity index is 1.68. The van der Waals surface area contributed by atoms with Crippen molar-refractivity contribution in [3.63, 3.8) is 0 Å². The molecule has 3 heterocycles. The minimum absolute atomic E-state index is 0.117. The van der Waals surface area contributed by atoms with Gasteiger partial charge in [-0.2, -0.15) is 0 Å². The molecule has 0 unspecified atom stereocenters. The van der Waals surface area contributed by atoms with Crippen molar-refractivity contribution in [2.45, 2.75) is 52.6 Å². The molecule has 1 aliphatic heterocycles. The van der Waals surface area contributed by atoms with Crippen molar-refractivity contribution in [3.05, 3.63) is 46.8 Å². The van der Waals surface area contributed by atoms with Crippen LogP contribution in [0.4, 0.5) is 0 Å².